The van der Waals surface area contributed by atoms with E-state index in [-0.39, 0.29) is 5.69 Å². The summed E-state index contributed by atoms with van der Waals surface area (Å²) in [7, 11) is 0. The quantitative estimate of drug-likeness (QED) is 0.806. The summed E-state index contributed by atoms with van der Waals surface area (Å²) in [5.41, 5.74) is 9.43. The summed E-state index contributed by atoms with van der Waals surface area (Å²) in [5, 5.41) is 2.71. The zero-order chi connectivity index (χ0) is 14.8. The Morgan fingerprint density at radius 1 is 1.19 bits per heavy atom. The molecule has 0 aliphatic heterocycles. The van der Waals surface area contributed by atoms with Gasteiger partial charge in [0, 0.05) is 22.7 Å². The summed E-state index contributed by atoms with van der Waals surface area (Å²) in [6.45, 7) is 2.05. The maximum Gasteiger partial charge on any atom is 0.268 e. The molecule has 0 aliphatic rings. The highest BCUT2D eigenvalue weighted by Crippen LogP contribution is 2.30. The Bertz CT molecular complexity index is 793. The Labute approximate surface area is 126 Å². The van der Waals surface area contributed by atoms with E-state index in [4.69, 9.17) is 5.73 Å². The number of thiazole rings is 1. The number of benzene rings is 1. The number of nitrogens with zero attached hydrogens (tertiary/aromatic N) is 2. The summed E-state index contributed by atoms with van der Waals surface area (Å²) < 4.78 is 0. The SMILES string of the molecule is Cc1ccc(-c2csc(-c3cccnc3C(N)=O)n2)cc1. The average molecular weight is 295 g/mol. The lowest BCUT2D eigenvalue weighted by molar-refractivity contribution is 0.0996. The van der Waals surface area contributed by atoms with Crippen LogP contribution in [-0.2, 0) is 0 Å². The number of primary amides is 1. The summed E-state index contributed by atoms with van der Waals surface area (Å²) >= 11 is 1.47. The number of carbonyl (C=O) groups excluding carboxylic acids is 1. The second-order valence-electron chi connectivity index (χ2n) is 4.67. The third kappa shape index (κ3) is 2.68. The van der Waals surface area contributed by atoms with Gasteiger partial charge in [0.05, 0.1) is 5.69 Å². The summed E-state index contributed by atoms with van der Waals surface area (Å²) in [6.07, 6.45) is 1.55. The van der Waals surface area contributed by atoms with Gasteiger partial charge in [-0.15, -0.1) is 11.3 Å². The van der Waals surface area contributed by atoms with Crippen LogP contribution in [0.5, 0.6) is 0 Å². The van der Waals surface area contributed by atoms with Crippen LogP contribution in [-0.4, -0.2) is 15.9 Å². The highest BCUT2D eigenvalue weighted by Gasteiger charge is 2.14. The lowest BCUT2D eigenvalue weighted by atomic mass is 10.1. The maximum absolute atomic E-state index is 11.4. The van der Waals surface area contributed by atoms with Crippen molar-refractivity contribution in [3.63, 3.8) is 0 Å². The van der Waals surface area contributed by atoms with Gasteiger partial charge in [-0.05, 0) is 19.1 Å². The Morgan fingerprint density at radius 3 is 2.67 bits per heavy atom. The molecule has 0 spiro atoms. The smallest absolute Gasteiger partial charge is 0.268 e. The molecular formula is C16H13N3OS. The van der Waals surface area contributed by atoms with Gasteiger partial charge >= 0.3 is 0 Å². The molecule has 0 atom stereocenters. The van der Waals surface area contributed by atoms with Crippen LogP contribution >= 0.6 is 11.3 Å². The van der Waals surface area contributed by atoms with Crippen LogP contribution in [0, 0.1) is 6.92 Å². The van der Waals surface area contributed by atoms with Crippen LogP contribution in [0.3, 0.4) is 0 Å². The van der Waals surface area contributed by atoms with Gasteiger partial charge in [-0.1, -0.05) is 29.8 Å². The van der Waals surface area contributed by atoms with Gasteiger partial charge in [-0.2, -0.15) is 0 Å². The number of aryl methyl sites for hydroxylation is 1. The van der Waals surface area contributed by atoms with Crippen molar-refractivity contribution in [2.24, 2.45) is 5.73 Å². The van der Waals surface area contributed by atoms with Crippen LogP contribution in [0.1, 0.15) is 16.1 Å². The molecule has 0 aliphatic carbocycles. The average Bonchev–Trinajstić information content (AvgIpc) is 2.97. The van der Waals surface area contributed by atoms with Crippen molar-refractivity contribution in [3.8, 4) is 21.8 Å². The Balaban J connectivity index is 2.03. The Hall–Kier alpha value is -2.53. The fourth-order valence-corrected chi connectivity index (χ4v) is 2.88. The minimum absolute atomic E-state index is 0.252. The van der Waals surface area contributed by atoms with E-state index in [2.05, 4.69) is 9.97 Å². The van der Waals surface area contributed by atoms with Gasteiger partial charge in [-0.3, -0.25) is 9.78 Å². The van der Waals surface area contributed by atoms with Crippen LogP contribution in [0.4, 0.5) is 0 Å². The third-order valence-corrected chi connectivity index (χ3v) is 4.00. The predicted molar refractivity (Wildman–Crippen MR) is 84.0 cm³/mol. The topological polar surface area (TPSA) is 68.9 Å². The fourth-order valence-electron chi connectivity index (χ4n) is 2.03. The lowest BCUT2D eigenvalue weighted by Gasteiger charge is -2.01. The van der Waals surface area contributed by atoms with Crippen molar-refractivity contribution in [2.75, 3.05) is 0 Å². The van der Waals surface area contributed by atoms with Crippen molar-refractivity contribution in [1.82, 2.24) is 9.97 Å². The molecule has 0 unspecified atom stereocenters. The number of hydrogen-bond donors (Lipinski definition) is 1. The van der Waals surface area contributed by atoms with E-state index in [1.807, 2.05) is 42.6 Å². The summed E-state index contributed by atoms with van der Waals surface area (Å²) in [6, 6.07) is 11.7. The van der Waals surface area contributed by atoms with E-state index >= 15 is 0 Å². The molecular weight excluding hydrogens is 282 g/mol. The molecule has 2 aromatic heterocycles. The molecule has 0 saturated heterocycles. The predicted octanol–water partition coefficient (Wildman–Crippen LogP) is 3.28. The van der Waals surface area contributed by atoms with Crippen LogP contribution in [0.2, 0.25) is 0 Å². The zero-order valence-electron chi connectivity index (χ0n) is 11.4. The standard InChI is InChI=1S/C16H13N3OS/c1-10-4-6-11(7-5-10)13-9-21-16(19-13)12-3-2-8-18-14(12)15(17)20/h2-9H,1H3,(H2,17,20). The van der Waals surface area contributed by atoms with Gasteiger partial charge in [0.15, 0.2) is 0 Å². The number of amides is 1. The first-order valence-electron chi connectivity index (χ1n) is 6.43. The lowest BCUT2D eigenvalue weighted by Crippen LogP contribution is -2.14. The van der Waals surface area contributed by atoms with E-state index in [0.29, 0.717) is 5.56 Å². The van der Waals surface area contributed by atoms with Crippen LogP contribution in [0.15, 0.2) is 48.0 Å². The molecule has 3 rings (SSSR count). The maximum atomic E-state index is 11.4. The molecule has 2 N–H and O–H groups in total. The number of nitrogens with two attached hydrogens (primary N) is 1. The first kappa shape index (κ1) is 13.5. The van der Waals surface area contributed by atoms with E-state index in [1.165, 1.54) is 16.9 Å². The normalized spacial score (nSPS) is 10.5. The van der Waals surface area contributed by atoms with Crippen LogP contribution < -0.4 is 5.73 Å². The van der Waals surface area contributed by atoms with Gasteiger partial charge in [0.25, 0.3) is 5.91 Å². The van der Waals surface area contributed by atoms with E-state index < -0.39 is 5.91 Å². The Morgan fingerprint density at radius 2 is 1.95 bits per heavy atom. The van der Waals surface area contributed by atoms with Gasteiger partial charge in [0.2, 0.25) is 0 Å². The van der Waals surface area contributed by atoms with Crippen molar-refractivity contribution in [1.29, 1.82) is 0 Å². The highest BCUT2D eigenvalue weighted by molar-refractivity contribution is 7.13. The largest absolute Gasteiger partial charge is 0.364 e. The molecule has 104 valence electrons. The van der Waals surface area contributed by atoms with Gasteiger partial charge in [-0.25, -0.2) is 4.98 Å². The summed E-state index contributed by atoms with van der Waals surface area (Å²) in [4.78, 5) is 20.1. The molecule has 0 saturated carbocycles. The number of carbonyl (C=O) groups is 1. The molecule has 1 aromatic carbocycles. The van der Waals surface area contributed by atoms with E-state index in [0.717, 1.165) is 16.3 Å². The number of rotatable bonds is 3. The molecule has 0 fully saturated rings. The second-order valence-corrected chi connectivity index (χ2v) is 5.53. The first-order valence-corrected chi connectivity index (χ1v) is 7.31. The van der Waals surface area contributed by atoms with Crippen molar-refractivity contribution >= 4 is 17.2 Å². The fraction of sp³-hybridized carbons (Fsp3) is 0.0625. The molecule has 0 radical (unpaired) electrons. The van der Waals surface area contributed by atoms with Crippen molar-refractivity contribution in [2.45, 2.75) is 6.92 Å². The highest BCUT2D eigenvalue weighted by atomic mass is 32.1. The third-order valence-electron chi connectivity index (χ3n) is 3.12. The van der Waals surface area contributed by atoms with Crippen molar-refractivity contribution in [3.05, 3.63) is 59.2 Å². The molecule has 4 nitrogen and oxygen atoms in total. The number of aromatic nitrogens is 2. The van der Waals surface area contributed by atoms with Gasteiger partial charge < -0.3 is 5.73 Å². The molecule has 0 bridgehead atoms. The van der Waals surface area contributed by atoms with E-state index in [1.54, 1.807) is 12.3 Å². The molecule has 3 aromatic rings. The number of hydrogen-bond acceptors (Lipinski definition) is 4. The minimum Gasteiger partial charge on any atom is -0.364 e. The first-order chi connectivity index (χ1) is 10.1. The van der Waals surface area contributed by atoms with E-state index in [9.17, 15) is 4.79 Å². The Kier molecular flexibility index (Phi) is 3.50. The minimum atomic E-state index is -0.544. The monoisotopic (exact) mass is 295 g/mol. The van der Waals surface area contributed by atoms with Gasteiger partial charge in [0.1, 0.15) is 10.7 Å². The second kappa shape index (κ2) is 5.46. The van der Waals surface area contributed by atoms with Crippen LogP contribution in [0.25, 0.3) is 21.8 Å². The summed E-state index contributed by atoms with van der Waals surface area (Å²) in [5.74, 6) is -0.544. The molecule has 1 amide bonds. The molecule has 21 heavy (non-hydrogen) atoms. The molecule has 5 heteroatoms. The van der Waals surface area contributed by atoms with Crippen molar-refractivity contribution < 1.29 is 4.79 Å². The number of pyridine rings is 1. The molecule has 2 heterocycles. The zero-order valence-corrected chi connectivity index (χ0v) is 12.2.